The molecule has 4 N–H and O–H groups in total. The van der Waals surface area contributed by atoms with E-state index in [1.165, 1.54) is 12.5 Å². The van der Waals surface area contributed by atoms with Crippen LogP contribution in [0.3, 0.4) is 0 Å². The fourth-order valence-corrected chi connectivity index (χ4v) is 6.87. The molecule has 2 saturated carbocycles. The highest BCUT2D eigenvalue weighted by atomic mass is 32.2. The Kier molecular flexibility index (Phi) is 12.0. The quantitative estimate of drug-likeness (QED) is 0.230. The first-order chi connectivity index (χ1) is 19.3. The molecule has 0 unspecified atom stereocenters. The van der Waals surface area contributed by atoms with Gasteiger partial charge in [0.15, 0.2) is 9.84 Å². The summed E-state index contributed by atoms with van der Waals surface area (Å²) in [5.74, 6) is -1.46. The Morgan fingerprint density at radius 3 is 2.12 bits per heavy atom. The Labute approximate surface area is 246 Å². The summed E-state index contributed by atoms with van der Waals surface area (Å²) >= 11 is 0. The van der Waals surface area contributed by atoms with Crippen molar-refractivity contribution in [1.29, 1.82) is 0 Å². The van der Waals surface area contributed by atoms with E-state index in [0.29, 0.717) is 24.7 Å². The van der Waals surface area contributed by atoms with E-state index in [0.717, 1.165) is 44.1 Å². The van der Waals surface area contributed by atoms with Gasteiger partial charge in [-0.3, -0.25) is 9.59 Å². The van der Waals surface area contributed by atoms with Crippen LogP contribution in [0.4, 0.5) is 0 Å². The zero-order chi connectivity index (χ0) is 30.2. The van der Waals surface area contributed by atoms with E-state index in [4.69, 9.17) is 0 Å². The van der Waals surface area contributed by atoms with Gasteiger partial charge in [-0.15, -0.1) is 6.58 Å². The molecule has 2 aliphatic rings. The van der Waals surface area contributed by atoms with Crippen LogP contribution in [0.1, 0.15) is 84.1 Å². The number of hydrogen-bond acceptors (Lipinski definition) is 6. The topological polar surface area (TPSA) is 133 Å². The molecule has 0 aliphatic heterocycles. The van der Waals surface area contributed by atoms with Crippen LogP contribution >= 0.6 is 0 Å². The van der Waals surface area contributed by atoms with E-state index in [9.17, 15) is 28.2 Å². The number of sulfone groups is 1. The van der Waals surface area contributed by atoms with Gasteiger partial charge in [0.05, 0.1) is 28.6 Å². The van der Waals surface area contributed by atoms with E-state index in [1.54, 1.807) is 20.8 Å². The number of amides is 2. The molecule has 0 radical (unpaired) electrons. The molecule has 0 bridgehead atoms. The Hall–Kier alpha value is -2.23. The van der Waals surface area contributed by atoms with Crippen LogP contribution in [-0.4, -0.2) is 65.2 Å². The van der Waals surface area contributed by atoms with Gasteiger partial charge in [-0.25, -0.2) is 8.42 Å². The number of nitrogens with one attached hydrogen (secondary N) is 2. The Morgan fingerprint density at radius 1 is 0.951 bits per heavy atom. The van der Waals surface area contributed by atoms with Crippen molar-refractivity contribution >= 4 is 21.7 Å². The highest BCUT2D eigenvalue weighted by Crippen LogP contribution is 2.34. The normalized spacial score (nSPS) is 20.3. The third-order valence-electron chi connectivity index (χ3n) is 8.59. The van der Waals surface area contributed by atoms with E-state index in [-0.39, 0.29) is 12.2 Å². The molecule has 0 spiro atoms. The van der Waals surface area contributed by atoms with Gasteiger partial charge in [-0.1, -0.05) is 81.4 Å². The molecule has 5 atom stereocenters. The van der Waals surface area contributed by atoms with Crippen LogP contribution in [0, 0.1) is 17.8 Å². The molecular weight excluding hydrogens is 540 g/mol. The second-order valence-corrected chi connectivity index (χ2v) is 15.9. The first-order valence-electron chi connectivity index (χ1n) is 15.2. The number of carbonyl (C=O) groups is 2. The summed E-state index contributed by atoms with van der Waals surface area (Å²) in [5, 5.41) is 27.0. The van der Waals surface area contributed by atoms with Gasteiger partial charge in [0, 0.05) is 0 Å². The lowest BCUT2D eigenvalue weighted by atomic mass is 9.83. The molecule has 0 heterocycles. The first kappa shape index (κ1) is 33.3. The van der Waals surface area contributed by atoms with E-state index < -0.39 is 56.6 Å². The summed E-state index contributed by atoms with van der Waals surface area (Å²) in [6, 6.07) is 7.72. The average Bonchev–Trinajstić information content (AvgIpc) is 3.75. The maximum atomic E-state index is 13.7. The van der Waals surface area contributed by atoms with Crippen molar-refractivity contribution in [1.82, 2.24) is 10.6 Å². The van der Waals surface area contributed by atoms with E-state index in [1.807, 2.05) is 30.3 Å². The van der Waals surface area contributed by atoms with Gasteiger partial charge in [0.1, 0.15) is 12.1 Å². The monoisotopic (exact) mass is 590 g/mol. The number of aliphatic hydroxyl groups is 2. The molecule has 1 aromatic carbocycles. The molecule has 2 amide bonds. The minimum absolute atomic E-state index is 0.230. The van der Waals surface area contributed by atoms with E-state index in [2.05, 4.69) is 17.2 Å². The molecule has 41 heavy (non-hydrogen) atoms. The Bertz CT molecular complexity index is 1110. The molecule has 8 nitrogen and oxygen atoms in total. The van der Waals surface area contributed by atoms with Crippen LogP contribution in [0.2, 0.25) is 0 Å². The largest absolute Gasteiger partial charge is 0.388 e. The highest BCUT2D eigenvalue weighted by molar-refractivity contribution is 7.92. The number of rotatable bonds is 15. The molecule has 9 heteroatoms. The second kappa shape index (κ2) is 14.8. The summed E-state index contributed by atoms with van der Waals surface area (Å²) in [7, 11) is -3.62. The summed E-state index contributed by atoms with van der Waals surface area (Å²) in [6.07, 6.45) is 7.38. The molecule has 0 aromatic heterocycles. The minimum Gasteiger partial charge on any atom is -0.388 e. The van der Waals surface area contributed by atoms with Gasteiger partial charge in [0.2, 0.25) is 11.8 Å². The van der Waals surface area contributed by atoms with Crippen molar-refractivity contribution < 1.29 is 28.2 Å². The van der Waals surface area contributed by atoms with Crippen molar-refractivity contribution in [3.05, 3.63) is 48.6 Å². The fourth-order valence-electron chi connectivity index (χ4n) is 5.58. The van der Waals surface area contributed by atoms with Crippen molar-refractivity contribution in [2.24, 2.45) is 17.8 Å². The third kappa shape index (κ3) is 10.2. The van der Waals surface area contributed by atoms with Crippen LogP contribution in [0.25, 0.3) is 0 Å². The lowest BCUT2D eigenvalue weighted by Crippen LogP contribution is -2.56. The number of carbonyl (C=O) groups excluding carboxylic acids is 2. The zero-order valence-electron chi connectivity index (χ0n) is 24.9. The van der Waals surface area contributed by atoms with Crippen LogP contribution < -0.4 is 10.6 Å². The standard InChI is InChI=1S/C32H50N2O6S/c1-5-28(35)29(36)26(19-23-14-10-7-11-15-23)33-31(38)27(20-24-16-17-24)34-30(37)25(18-22-12-8-6-9-13-22)21-41(39,40)32(2,3)4/h5-6,8-9,12-13,23-29,35-36H,1,7,10-11,14-21H2,2-4H3,(H,33,38)(H,34,37)/t25-,26+,27+,28+,29-/m1/s1. The molecule has 2 fully saturated rings. The summed E-state index contributed by atoms with van der Waals surface area (Å²) < 4.78 is 25.3. The molecule has 230 valence electrons. The van der Waals surface area contributed by atoms with E-state index >= 15 is 0 Å². The summed E-state index contributed by atoms with van der Waals surface area (Å²) in [6.45, 7) is 8.45. The average molecular weight is 591 g/mol. The van der Waals surface area contributed by atoms with Crippen molar-refractivity contribution in [3.63, 3.8) is 0 Å². The molecular formula is C32H50N2O6S. The maximum absolute atomic E-state index is 13.7. The summed E-state index contributed by atoms with van der Waals surface area (Å²) in [5.41, 5.74) is 0.842. The smallest absolute Gasteiger partial charge is 0.242 e. The first-order valence-corrected chi connectivity index (χ1v) is 16.8. The predicted molar refractivity (Wildman–Crippen MR) is 162 cm³/mol. The molecule has 1 aromatic rings. The minimum atomic E-state index is -3.62. The zero-order valence-corrected chi connectivity index (χ0v) is 25.7. The number of hydrogen-bond donors (Lipinski definition) is 4. The van der Waals surface area contributed by atoms with Crippen LogP contribution in [0.5, 0.6) is 0 Å². The molecule has 0 saturated heterocycles. The second-order valence-electron chi connectivity index (χ2n) is 13.1. The van der Waals surface area contributed by atoms with Crippen LogP contribution in [-0.2, 0) is 25.8 Å². The lowest BCUT2D eigenvalue weighted by Gasteiger charge is -2.33. The van der Waals surface area contributed by atoms with Crippen molar-refractivity contribution in [2.45, 2.75) is 114 Å². The maximum Gasteiger partial charge on any atom is 0.242 e. The highest BCUT2D eigenvalue weighted by Gasteiger charge is 2.38. The Morgan fingerprint density at radius 2 is 1.56 bits per heavy atom. The van der Waals surface area contributed by atoms with Crippen molar-refractivity contribution in [3.8, 4) is 0 Å². The fraction of sp³-hybridized carbons (Fsp3) is 0.688. The predicted octanol–water partition coefficient (Wildman–Crippen LogP) is 3.71. The van der Waals surface area contributed by atoms with Gasteiger partial charge in [-0.2, -0.15) is 0 Å². The third-order valence-corrected chi connectivity index (χ3v) is 11.3. The van der Waals surface area contributed by atoms with Gasteiger partial charge in [0.25, 0.3) is 0 Å². The Balaban J connectivity index is 1.80. The number of benzene rings is 1. The van der Waals surface area contributed by atoms with Crippen molar-refractivity contribution in [2.75, 3.05) is 5.75 Å². The van der Waals surface area contributed by atoms with Gasteiger partial charge < -0.3 is 20.8 Å². The van der Waals surface area contributed by atoms with Gasteiger partial charge >= 0.3 is 0 Å². The molecule has 2 aliphatic carbocycles. The van der Waals surface area contributed by atoms with Gasteiger partial charge in [-0.05, 0) is 57.4 Å². The van der Waals surface area contributed by atoms with Crippen LogP contribution in [0.15, 0.2) is 43.0 Å². The number of aliphatic hydroxyl groups excluding tert-OH is 2. The summed E-state index contributed by atoms with van der Waals surface area (Å²) in [4.78, 5) is 27.4. The lowest BCUT2D eigenvalue weighted by molar-refractivity contribution is -0.132. The molecule has 3 rings (SSSR count). The SMILES string of the molecule is C=C[C@H](O)[C@H](O)[C@H](CC1CCCCC1)NC(=O)[C@H](CC1CC1)NC(=O)[C@H](Cc1ccccc1)CS(=O)(=O)C(C)(C)C.